The molecule has 21 heavy (non-hydrogen) atoms. The molecule has 0 saturated carbocycles. The standard InChI is InChI=1S/C15H19N3O3/c1-2-20-15(19)13-11-17-18(14(13)16)9-6-10-21-12-7-4-3-5-8-12/h3-5,7-8,11H,2,6,9-10,16H2,1H3. The van der Waals surface area contributed by atoms with Crippen LogP contribution in [-0.4, -0.2) is 29.0 Å². The zero-order valence-corrected chi connectivity index (χ0v) is 12.0. The van der Waals surface area contributed by atoms with E-state index in [1.165, 1.54) is 6.20 Å². The van der Waals surface area contributed by atoms with E-state index in [1.807, 2.05) is 30.3 Å². The summed E-state index contributed by atoms with van der Waals surface area (Å²) in [4.78, 5) is 11.6. The van der Waals surface area contributed by atoms with Gasteiger partial charge in [0.05, 0.1) is 19.4 Å². The molecule has 1 aromatic carbocycles. The number of rotatable bonds is 7. The first-order chi connectivity index (χ1) is 10.2. The van der Waals surface area contributed by atoms with Gasteiger partial charge in [0.1, 0.15) is 17.1 Å². The average Bonchev–Trinajstić information content (AvgIpc) is 2.86. The van der Waals surface area contributed by atoms with Crippen molar-refractivity contribution in [3.63, 3.8) is 0 Å². The molecule has 6 heteroatoms. The van der Waals surface area contributed by atoms with Crippen LogP contribution >= 0.6 is 0 Å². The average molecular weight is 289 g/mol. The number of nitrogens with zero attached hydrogens (tertiary/aromatic N) is 2. The molecule has 6 nitrogen and oxygen atoms in total. The lowest BCUT2D eigenvalue weighted by Crippen LogP contribution is -2.11. The molecule has 2 N–H and O–H groups in total. The lowest BCUT2D eigenvalue weighted by molar-refractivity contribution is 0.0527. The van der Waals surface area contributed by atoms with Crippen LogP contribution in [0.1, 0.15) is 23.7 Å². The van der Waals surface area contributed by atoms with Crippen LogP contribution in [-0.2, 0) is 11.3 Å². The Bertz CT molecular complexity index is 581. The number of benzene rings is 1. The fraction of sp³-hybridized carbons (Fsp3) is 0.333. The second-order valence-corrected chi connectivity index (χ2v) is 4.40. The maximum absolute atomic E-state index is 11.6. The molecule has 0 atom stereocenters. The summed E-state index contributed by atoms with van der Waals surface area (Å²) in [5.74, 6) is 0.716. The van der Waals surface area contributed by atoms with E-state index in [-0.39, 0.29) is 0 Å². The van der Waals surface area contributed by atoms with Gasteiger partial charge in [-0.2, -0.15) is 5.10 Å². The molecule has 0 amide bonds. The van der Waals surface area contributed by atoms with Gasteiger partial charge in [0.2, 0.25) is 0 Å². The highest BCUT2D eigenvalue weighted by atomic mass is 16.5. The lowest BCUT2D eigenvalue weighted by Gasteiger charge is -2.07. The molecule has 0 fully saturated rings. The normalized spacial score (nSPS) is 10.3. The van der Waals surface area contributed by atoms with Crippen molar-refractivity contribution in [2.75, 3.05) is 18.9 Å². The van der Waals surface area contributed by atoms with E-state index in [2.05, 4.69) is 5.10 Å². The Morgan fingerprint density at radius 1 is 1.33 bits per heavy atom. The SMILES string of the molecule is CCOC(=O)c1cnn(CCCOc2ccccc2)c1N. The molecule has 2 aromatic rings. The zero-order valence-electron chi connectivity index (χ0n) is 12.0. The predicted octanol–water partition coefficient (Wildman–Crippen LogP) is 2.11. The number of ether oxygens (including phenoxy) is 2. The number of aryl methyl sites for hydroxylation is 1. The molecule has 2 rings (SSSR count). The van der Waals surface area contributed by atoms with Crippen molar-refractivity contribution in [1.82, 2.24) is 9.78 Å². The Balaban J connectivity index is 1.82. The quantitative estimate of drug-likeness (QED) is 0.624. The lowest BCUT2D eigenvalue weighted by atomic mass is 10.3. The van der Waals surface area contributed by atoms with Crippen LogP contribution in [0.25, 0.3) is 0 Å². The molecule has 0 spiro atoms. The van der Waals surface area contributed by atoms with E-state index in [1.54, 1.807) is 11.6 Å². The summed E-state index contributed by atoms with van der Waals surface area (Å²) in [5.41, 5.74) is 6.19. The number of para-hydroxylation sites is 1. The van der Waals surface area contributed by atoms with E-state index in [4.69, 9.17) is 15.2 Å². The minimum Gasteiger partial charge on any atom is -0.494 e. The first-order valence-electron chi connectivity index (χ1n) is 6.88. The van der Waals surface area contributed by atoms with Crippen LogP contribution in [0.2, 0.25) is 0 Å². The minimum absolute atomic E-state index is 0.306. The third-order valence-electron chi connectivity index (χ3n) is 2.90. The third-order valence-corrected chi connectivity index (χ3v) is 2.90. The molecule has 1 heterocycles. The highest BCUT2D eigenvalue weighted by molar-refractivity contribution is 5.93. The number of nitrogens with two attached hydrogens (primary N) is 1. The number of esters is 1. The molecule has 112 valence electrons. The smallest absolute Gasteiger partial charge is 0.343 e. The van der Waals surface area contributed by atoms with Gasteiger partial charge >= 0.3 is 5.97 Å². The Morgan fingerprint density at radius 2 is 2.10 bits per heavy atom. The van der Waals surface area contributed by atoms with Gasteiger partial charge in [0.15, 0.2) is 0 Å². The number of carbonyl (C=O) groups is 1. The van der Waals surface area contributed by atoms with Gasteiger partial charge in [-0.1, -0.05) is 18.2 Å². The molecule has 0 saturated heterocycles. The van der Waals surface area contributed by atoms with Gasteiger partial charge in [0, 0.05) is 13.0 Å². The molecule has 0 aliphatic rings. The molecule has 1 aromatic heterocycles. The minimum atomic E-state index is -0.443. The predicted molar refractivity (Wildman–Crippen MR) is 79.1 cm³/mol. The molecular weight excluding hydrogens is 270 g/mol. The highest BCUT2D eigenvalue weighted by Crippen LogP contribution is 2.13. The summed E-state index contributed by atoms with van der Waals surface area (Å²) < 4.78 is 12.1. The van der Waals surface area contributed by atoms with Crippen molar-refractivity contribution in [3.05, 3.63) is 42.1 Å². The fourth-order valence-electron chi connectivity index (χ4n) is 1.86. The Kier molecular flexibility index (Phi) is 5.20. The Morgan fingerprint density at radius 3 is 2.81 bits per heavy atom. The number of aromatic nitrogens is 2. The number of carbonyl (C=O) groups excluding carboxylic acids is 1. The second kappa shape index (κ2) is 7.33. The van der Waals surface area contributed by atoms with E-state index in [0.717, 1.165) is 12.2 Å². The number of anilines is 1. The Labute approximate surface area is 123 Å². The van der Waals surface area contributed by atoms with Gasteiger partial charge in [-0.3, -0.25) is 0 Å². The zero-order chi connectivity index (χ0) is 15.1. The van der Waals surface area contributed by atoms with Crippen LogP contribution in [0, 0.1) is 0 Å². The molecule has 0 aliphatic heterocycles. The van der Waals surface area contributed by atoms with Crippen molar-refractivity contribution in [2.45, 2.75) is 19.9 Å². The number of hydrogen-bond donors (Lipinski definition) is 1. The van der Waals surface area contributed by atoms with Crippen molar-refractivity contribution in [2.24, 2.45) is 0 Å². The topological polar surface area (TPSA) is 79.4 Å². The summed E-state index contributed by atoms with van der Waals surface area (Å²) >= 11 is 0. The highest BCUT2D eigenvalue weighted by Gasteiger charge is 2.15. The molecule has 0 aliphatic carbocycles. The molecule has 0 bridgehead atoms. The van der Waals surface area contributed by atoms with Gasteiger partial charge in [-0.25, -0.2) is 9.48 Å². The van der Waals surface area contributed by atoms with Crippen LogP contribution in [0.3, 0.4) is 0 Å². The third kappa shape index (κ3) is 3.98. The van der Waals surface area contributed by atoms with Crippen LogP contribution in [0.5, 0.6) is 5.75 Å². The van der Waals surface area contributed by atoms with Crippen molar-refractivity contribution in [1.29, 1.82) is 0 Å². The van der Waals surface area contributed by atoms with Crippen LogP contribution < -0.4 is 10.5 Å². The summed E-state index contributed by atoms with van der Waals surface area (Å²) in [6.45, 7) is 3.20. The number of nitrogen functional groups attached to an aromatic ring is 1. The van der Waals surface area contributed by atoms with E-state index >= 15 is 0 Å². The van der Waals surface area contributed by atoms with E-state index in [0.29, 0.717) is 31.1 Å². The van der Waals surface area contributed by atoms with Crippen molar-refractivity contribution < 1.29 is 14.3 Å². The molecular formula is C15H19N3O3. The van der Waals surface area contributed by atoms with Gasteiger partial charge in [-0.05, 0) is 19.1 Å². The van der Waals surface area contributed by atoms with Crippen molar-refractivity contribution >= 4 is 11.8 Å². The maximum atomic E-state index is 11.6. The fourth-order valence-corrected chi connectivity index (χ4v) is 1.86. The van der Waals surface area contributed by atoms with E-state index < -0.39 is 5.97 Å². The molecule has 0 radical (unpaired) electrons. The first kappa shape index (κ1) is 14.9. The van der Waals surface area contributed by atoms with Gasteiger partial charge in [-0.15, -0.1) is 0 Å². The molecule has 0 unspecified atom stereocenters. The Hall–Kier alpha value is -2.50. The van der Waals surface area contributed by atoms with E-state index in [9.17, 15) is 4.79 Å². The largest absolute Gasteiger partial charge is 0.494 e. The summed E-state index contributed by atoms with van der Waals surface area (Å²) in [7, 11) is 0. The van der Waals surface area contributed by atoms with Crippen molar-refractivity contribution in [3.8, 4) is 5.75 Å². The first-order valence-corrected chi connectivity index (χ1v) is 6.88. The number of hydrogen-bond acceptors (Lipinski definition) is 5. The van der Waals surface area contributed by atoms with Crippen LogP contribution in [0.4, 0.5) is 5.82 Å². The van der Waals surface area contributed by atoms with Gasteiger partial charge in [0.25, 0.3) is 0 Å². The van der Waals surface area contributed by atoms with Gasteiger partial charge < -0.3 is 15.2 Å². The second-order valence-electron chi connectivity index (χ2n) is 4.40. The summed E-state index contributed by atoms with van der Waals surface area (Å²) in [6, 6.07) is 9.59. The maximum Gasteiger partial charge on any atom is 0.343 e. The monoisotopic (exact) mass is 289 g/mol. The van der Waals surface area contributed by atoms with Crippen LogP contribution in [0.15, 0.2) is 36.5 Å². The summed E-state index contributed by atoms with van der Waals surface area (Å²) in [5, 5.41) is 4.10. The summed E-state index contributed by atoms with van der Waals surface area (Å²) in [6.07, 6.45) is 2.18.